The third kappa shape index (κ3) is 3.17. The molecule has 0 amide bonds. The van der Waals surface area contributed by atoms with E-state index in [1.54, 1.807) is 10.9 Å². The van der Waals surface area contributed by atoms with Gasteiger partial charge in [0.2, 0.25) is 0 Å². The average Bonchev–Trinajstić information content (AvgIpc) is 3.04. The summed E-state index contributed by atoms with van der Waals surface area (Å²) >= 11 is 12.0. The van der Waals surface area contributed by atoms with E-state index in [4.69, 9.17) is 33.2 Å². The van der Waals surface area contributed by atoms with E-state index in [2.05, 4.69) is 5.10 Å². The van der Waals surface area contributed by atoms with Gasteiger partial charge in [0.25, 0.3) is 0 Å². The normalized spacial score (nSPS) is 11.2. The van der Waals surface area contributed by atoms with Crippen molar-refractivity contribution in [1.82, 2.24) is 19.7 Å². The minimum atomic E-state index is -0.0202. The highest BCUT2D eigenvalue weighted by atomic mass is 35.5. The Kier molecular flexibility index (Phi) is 4.59. The summed E-state index contributed by atoms with van der Waals surface area (Å²) < 4.78 is 1.65. The summed E-state index contributed by atoms with van der Waals surface area (Å²) in [7, 11) is 0. The molecular formula is C19H14Cl2N4O. The average molecular weight is 385 g/mol. The Morgan fingerprint density at radius 3 is 1.88 bits per heavy atom. The van der Waals surface area contributed by atoms with Gasteiger partial charge < -0.3 is 5.11 Å². The van der Waals surface area contributed by atoms with Crippen LogP contribution in [0.3, 0.4) is 0 Å². The molecule has 0 aliphatic carbocycles. The van der Waals surface area contributed by atoms with Crippen molar-refractivity contribution in [2.45, 2.75) is 6.54 Å². The first kappa shape index (κ1) is 17.0. The Balaban J connectivity index is 1.97. The van der Waals surface area contributed by atoms with E-state index in [1.165, 1.54) is 0 Å². The van der Waals surface area contributed by atoms with Crippen molar-refractivity contribution in [3.63, 3.8) is 0 Å². The second kappa shape index (κ2) is 7.03. The summed E-state index contributed by atoms with van der Waals surface area (Å²) in [6, 6.07) is 14.9. The lowest BCUT2D eigenvalue weighted by atomic mass is 10.0. The van der Waals surface area contributed by atoms with Crippen LogP contribution in [0.15, 0.2) is 54.7 Å². The van der Waals surface area contributed by atoms with Gasteiger partial charge in [0.1, 0.15) is 5.52 Å². The molecule has 0 radical (unpaired) electrons. The molecule has 0 saturated heterocycles. The van der Waals surface area contributed by atoms with Crippen LogP contribution in [-0.4, -0.2) is 31.5 Å². The molecular weight excluding hydrogens is 371 g/mol. The summed E-state index contributed by atoms with van der Waals surface area (Å²) in [4.78, 5) is 9.58. The van der Waals surface area contributed by atoms with Crippen LogP contribution in [-0.2, 0) is 6.54 Å². The van der Waals surface area contributed by atoms with Crippen LogP contribution in [0.4, 0.5) is 0 Å². The number of nitrogens with zero attached hydrogens (tertiary/aromatic N) is 4. The SMILES string of the molecule is OCCn1ncc2nc(-c3ccc(Cl)cc3)c(-c3ccc(Cl)cc3)nc21. The molecule has 2 aromatic carbocycles. The summed E-state index contributed by atoms with van der Waals surface area (Å²) in [6.45, 7) is 0.339. The van der Waals surface area contributed by atoms with Gasteiger partial charge in [0, 0.05) is 21.2 Å². The van der Waals surface area contributed by atoms with Gasteiger partial charge in [-0.2, -0.15) is 5.10 Å². The van der Waals surface area contributed by atoms with E-state index < -0.39 is 0 Å². The molecule has 4 rings (SSSR count). The Labute approximate surface area is 159 Å². The predicted molar refractivity (Wildman–Crippen MR) is 103 cm³/mol. The van der Waals surface area contributed by atoms with Crippen molar-refractivity contribution in [1.29, 1.82) is 0 Å². The fourth-order valence-corrected chi connectivity index (χ4v) is 3.02. The summed E-state index contributed by atoms with van der Waals surface area (Å²) in [5.41, 5.74) is 4.55. The van der Waals surface area contributed by atoms with E-state index in [0.717, 1.165) is 22.5 Å². The van der Waals surface area contributed by atoms with Crippen LogP contribution >= 0.6 is 23.2 Å². The molecule has 0 aliphatic heterocycles. The zero-order valence-corrected chi connectivity index (χ0v) is 15.1. The quantitative estimate of drug-likeness (QED) is 0.564. The fourth-order valence-electron chi connectivity index (χ4n) is 2.77. The van der Waals surface area contributed by atoms with Crippen molar-refractivity contribution in [3.8, 4) is 22.5 Å². The van der Waals surface area contributed by atoms with Crippen LogP contribution in [0, 0.1) is 0 Å². The third-order valence-corrected chi connectivity index (χ3v) is 4.52. The maximum atomic E-state index is 9.24. The minimum Gasteiger partial charge on any atom is -0.394 e. The lowest BCUT2D eigenvalue weighted by Gasteiger charge is -2.10. The Morgan fingerprint density at radius 2 is 1.35 bits per heavy atom. The molecule has 1 N–H and O–H groups in total. The van der Waals surface area contributed by atoms with Gasteiger partial charge in [-0.15, -0.1) is 0 Å². The molecule has 5 nitrogen and oxygen atoms in total. The number of hydrogen-bond acceptors (Lipinski definition) is 4. The van der Waals surface area contributed by atoms with Gasteiger partial charge in [-0.05, 0) is 24.3 Å². The lowest BCUT2D eigenvalue weighted by Crippen LogP contribution is -2.05. The molecule has 26 heavy (non-hydrogen) atoms. The van der Waals surface area contributed by atoms with Gasteiger partial charge in [0.15, 0.2) is 5.65 Å². The van der Waals surface area contributed by atoms with Crippen LogP contribution < -0.4 is 0 Å². The zero-order chi connectivity index (χ0) is 18.1. The molecule has 2 heterocycles. The van der Waals surface area contributed by atoms with E-state index in [0.29, 0.717) is 27.8 Å². The van der Waals surface area contributed by atoms with Crippen molar-refractivity contribution >= 4 is 34.4 Å². The van der Waals surface area contributed by atoms with E-state index in [-0.39, 0.29) is 6.61 Å². The van der Waals surface area contributed by atoms with Gasteiger partial charge >= 0.3 is 0 Å². The maximum Gasteiger partial charge on any atom is 0.177 e. The molecule has 0 atom stereocenters. The molecule has 4 aromatic rings. The predicted octanol–water partition coefficient (Wildman–Crippen LogP) is 4.46. The molecule has 0 aliphatic rings. The number of halogens is 2. The van der Waals surface area contributed by atoms with E-state index in [1.807, 2.05) is 48.5 Å². The first-order valence-corrected chi connectivity index (χ1v) is 8.77. The smallest absolute Gasteiger partial charge is 0.177 e. The summed E-state index contributed by atoms with van der Waals surface area (Å²) in [5.74, 6) is 0. The third-order valence-electron chi connectivity index (χ3n) is 4.01. The van der Waals surface area contributed by atoms with Crippen molar-refractivity contribution < 1.29 is 5.11 Å². The van der Waals surface area contributed by atoms with Gasteiger partial charge in [-0.1, -0.05) is 47.5 Å². The first-order valence-electron chi connectivity index (χ1n) is 8.02. The standard InChI is InChI=1S/C19H14Cl2N4O/c20-14-5-1-12(2-6-14)17-18(13-3-7-15(21)8-4-13)24-19-16(23-17)11-22-25(19)9-10-26/h1-8,11,26H,9-10H2. The number of aromatic nitrogens is 4. The number of rotatable bonds is 4. The molecule has 2 aromatic heterocycles. The van der Waals surface area contributed by atoms with Crippen molar-refractivity contribution in [3.05, 3.63) is 64.8 Å². The highest BCUT2D eigenvalue weighted by Gasteiger charge is 2.16. The zero-order valence-electron chi connectivity index (χ0n) is 13.6. The van der Waals surface area contributed by atoms with Gasteiger partial charge in [-0.25, -0.2) is 14.6 Å². The van der Waals surface area contributed by atoms with Crippen molar-refractivity contribution in [2.24, 2.45) is 0 Å². The maximum absolute atomic E-state index is 9.24. The van der Waals surface area contributed by atoms with Crippen LogP contribution in [0.1, 0.15) is 0 Å². The largest absolute Gasteiger partial charge is 0.394 e. The topological polar surface area (TPSA) is 63.8 Å². The molecule has 0 saturated carbocycles. The number of aliphatic hydroxyl groups is 1. The Bertz CT molecular complexity index is 1060. The Hall–Kier alpha value is -2.47. The van der Waals surface area contributed by atoms with E-state index >= 15 is 0 Å². The summed E-state index contributed by atoms with van der Waals surface area (Å²) in [5, 5.41) is 14.8. The number of aliphatic hydroxyl groups excluding tert-OH is 1. The monoisotopic (exact) mass is 384 g/mol. The van der Waals surface area contributed by atoms with Crippen LogP contribution in [0.25, 0.3) is 33.7 Å². The minimum absolute atomic E-state index is 0.0202. The summed E-state index contributed by atoms with van der Waals surface area (Å²) in [6.07, 6.45) is 1.66. The molecule has 0 fully saturated rings. The Morgan fingerprint density at radius 1 is 0.808 bits per heavy atom. The molecule has 0 unspecified atom stereocenters. The second-order valence-corrected chi connectivity index (χ2v) is 6.61. The van der Waals surface area contributed by atoms with Crippen LogP contribution in [0.2, 0.25) is 10.0 Å². The molecule has 7 heteroatoms. The second-order valence-electron chi connectivity index (χ2n) is 5.73. The lowest BCUT2D eigenvalue weighted by molar-refractivity contribution is 0.271. The van der Waals surface area contributed by atoms with Gasteiger partial charge in [-0.3, -0.25) is 0 Å². The first-order chi connectivity index (χ1) is 12.7. The van der Waals surface area contributed by atoms with E-state index in [9.17, 15) is 5.11 Å². The molecule has 0 bridgehead atoms. The fraction of sp³-hybridized carbons (Fsp3) is 0.105. The van der Waals surface area contributed by atoms with Crippen molar-refractivity contribution in [2.75, 3.05) is 6.61 Å². The molecule has 0 spiro atoms. The highest BCUT2D eigenvalue weighted by molar-refractivity contribution is 6.31. The van der Waals surface area contributed by atoms with Crippen LogP contribution in [0.5, 0.6) is 0 Å². The number of fused-ring (bicyclic) bond motifs is 1. The number of hydrogen-bond donors (Lipinski definition) is 1. The van der Waals surface area contributed by atoms with Gasteiger partial charge in [0.05, 0.1) is 30.7 Å². The number of benzene rings is 2. The molecule has 130 valence electrons. The highest BCUT2D eigenvalue weighted by Crippen LogP contribution is 2.32.